The van der Waals surface area contributed by atoms with Crippen LogP contribution in [0.25, 0.3) is 28.6 Å². The maximum absolute atomic E-state index is 10.2. The highest BCUT2D eigenvalue weighted by atomic mass is 79.9. The number of hydrogen-bond donors (Lipinski definition) is 1. The third kappa shape index (κ3) is 4.05. The molecule has 0 radical (unpaired) electrons. The van der Waals surface area contributed by atoms with Gasteiger partial charge in [-0.3, -0.25) is 4.99 Å². The fraction of sp³-hybridized carbons (Fsp3) is 0.0435. The summed E-state index contributed by atoms with van der Waals surface area (Å²) in [5, 5.41) is 10.2. The van der Waals surface area contributed by atoms with Gasteiger partial charge in [0.05, 0.1) is 11.3 Å². The van der Waals surface area contributed by atoms with Crippen LogP contribution in [0.1, 0.15) is 11.1 Å². The minimum atomic E-state index is 0.104. The van der Waals surface area contributed by atoms with Crippen LogP contribution in [0.4, 0.5) is 5.69 Å². The number of hydrogen-bond acceptors (Lipinski definition) is 4. The molecule has 0 fully saturated rings. The van der Waals surface area contributed by atoms with Crippen LogP contribution in [0.3, 0.4) is 0 Å². The molecule has 0 unspecified atom stereocenters. The lowest BCUT2D eigenvalue weighted by molar-refractivity contribution is 0.474. The van der Waals surface area contributed by atoms with Gasteiger partial charge in [-0.2, -0.15) is 0 Å². The maximum atomic E-state index is 10.2. The Morgan fingerprint density at radius 2 is 1.96 bits per heavy atom. The molecule has 4 aromatic rings. The highest BCUT2D eigenvalue weighted by molar-refractivity contribution is 9.10. The predicted molar refractivity (Wildman–Crippen MR) is 117 cm³/mol. The SMILES string of the molecule is Cc1ccc2oc(-c3cc(N=C/C=C/c4cccc(Br)c4)ccc3O)nc2c1. The van der Waals surface area contributed by atoms with E-state index in [-0.39, 0.29) is 5.75 Å². The molecule has 0 atom stereocenters. The Kier molecular flexibility index (Phi) is 5.08. The van der Waals surface area contributed by atoms with Gasteiger partial charge < -0.3 is 9.52 Å². The highest BCUT2D eigenvalue weighted by Crippen LogP contribution is 2.34. The summed E-state index contributed by atoms with van der Waals surface area (Å²) in [4.78, 5) is 8.93. The number of oxazole rings is 1. The first-order valence-electron chi connectivity index (χ1n) is 8.75. The second-order valence-corrected chi connectivity index (χ2v) is 7.30. The Labute approximate surface area is 171 Å². The molecule has 1 aromatic heterocycles. The lowest BCUT2D eigenvalue weighted by Crippen LogP contribution is -1.79. The summed E-state index contributed by atoms with van der Waals surface area (Å²) >= 11 is 3.46. The fourth-order valence-corrected chi connectivity index (χ4v) is 3.24. The zero-order valence-corrected chi connectivity index (χ0v) is 16.7. The molecule has 0 amide bonds. The van der Waals surface area contributed by atoms with Crippen molar-refractivity contribution in [2.24, 2.45) is 4.99 Å². The van der Waals surface area contributed by atoms with E-state index in [0.717, 1.165) is 21.1 Å². The van der Waals surface area contributed by atoms with E-state index in [4.69, 9.17) is 4.42 Å². The van der Waals surface area contributed by atoms with Crippen LogP contribution in [0.2, 0.25) is 0 Å². The van der Waals surface area contributed by atoms with Crippen LogP contribution in [0.5, 0.6) is 5.75 Å². The molecule has 5 heteroatoms. The summed E-state index contributed by atoms with van der Waals surface area (Å²) in [6.45, 7) is 2.00. The number of nitrogens with zero attached hydrogens (tertiary/aromatic N) is 2. The van der Waals surface area contributed by atoms with E-state index >= 15 is 0 Å². The minimum Gasteiger partial charge on any atom is -0.507 e. The average molecular weight is 433 g/mol. The van der Waals surface area contributed by atoms with E-state index in [1.165, 1.54) is 0 Å². The number of aromatic nitrogens is 1. The lowest BCUT2D eigenvalue weighted by Gasteiger charge is -2.01. The summed E-state index contributed by atoms with van der Waals surface area (Å²) in [5.74, 6) is 0.478. The van der Waals surface area contributed by atoms with Gasteiger partial charge in [0.1, 0.15) is 11.3 Å². The third-order valence-corrected chi connectivity index (χ3v) is 4.69. The van der Waals surface area contributed by atoms with Crippen LogP contribution >= 0.6 is 15.9 Å². The molecule has 0 aliphatic rings. The molecule has 0 aliphatic heterocycles. The van der Waals surface area contributed by atoms with Crippen molar-refractivity contribution in [2.45, 2.75) is 6.92 Å². The Morgan fingerprint density at radius 3 is 2.82 bits per heavy atom. The van der Waals surface area contributed by atoms with Crippen molar-refractivity contribution in [2.75, 3.05) is 0 Å². The fourth-order valence-electron chi connectivity index (χ4n) is 2.82. The molecule has 3 aromatic carbocycles. The van der Waals surface area contributed by atoms with E-state index < -0.39 is 0 Å². The Balaban J connectivity index is 1.59. The number of benzene rings is 3. The van der Waals surface area contributed by atoms with E-state index in [2.05, 4.69) is 25.9 Å². The summed E-state index contributed by atoms with van der Waals surface area (Å²) in [5.41, 5.74) is 4.84. The normalized spacial score (nSPS) is 11.8. The highest BCUT2D eigenvalue weighted by Gasteiger charge is 2.13. The molecular formula is C23H17BrN2O2. The molecule has 0 saturated carbocycles. The van der Waals surface area contributed by atoms with E-state index in [1.54, 1.807) is 24.4 Å². The molecule has 0 aliphatic carbocycles. The first-order chi connectivity index (χ1) is 13.6. The topological polar surface area (TPSA) is 58.6 Å². The quantitative estimate of drug-likeness (QED) is 0.365. The van der Waals surface area contributed by atoms with Crippen LogP contribution in [-0.2, 0) is 0 Å². The number of phenols is 1. The molecule has 4 rings (SSSR count). The second-order valence-electron chi connectivity index (χ2n) is 6.38. The zero-order valence-electron chi connectivity index (χ0n) is 15.1. The minimum absolute atomic E-state index is 0.104. The van der Waals surface area contributed by atoms with Crippen LogP contribution in [-0.4, -0.2) is 16.3 Å². The monoisotopic (exact) mass is 432 g/mol. The van der Waals surface area contributed by atoms with Gasteiger partial charge in [0.25, 0.3) is 0 Å². The largest absolute Gasteiger partial charge is 0.507 e. The maximum Gasteiger partial charge on any atom is 0.231 e. The molecule has 28 heavy (non-hydrogen) atoms. The van der Waals surface area contributed by atoms with Crippen molar-refractivity contribution in [3.63, 3.8) is 0 Å². The van der Waals surface area contributed by atoms with Gasteiger partial charge in [0, 0.05) is 10.7 Å². The number of fused-ring (bicyclic) bond motifs is 1. The van der Waals surface area contributed by atoms with Gasteiger partial charge in [-0.1, -0.05) is 40.2 Å². The second kappa shape index (κ2) is 7.82. The van der Waals surface area contributed by atoms with Gasteiger partial charge in [0.15, 0.2) is 5.58 Å². The molecule has 138 valence electrons. The number of phenolic OH excluding ortho intramolecular Hbond substituents is 1. The van der Waals surface area contributed by atoms with E-state index in [0.29, 0.717) is 22.7 Å². The number of aromatic hydroxyl groups is 1. The standard InChI is InChI=1S/C23H17BrN2O2/c1-15-7-10-22-20(12-15)26-23(28-22)19-14-18(8-9-21(19)27)25-11-3-5-16-4-2-6-17(24)13-16/h2-14,27H,1H3/b5-3+,25-11?. The predicted octanol–water partition coefficient (Wildman–Crippen LogP) is 6.69. The average Bonchev–Trinajstić information content (AvgIpc) is 3.09. The molecular weight excluding hydrogens is 416 g/mol. The van der Waals surface area contributed by atoms with Gasteiger partial charge >= 0.3 is 0 Å². The van der Waals surface area contributed by atoms with Crippen LogP contribution in [0.15, 0.2) is 80.6 Å². The van der Waals surface area contributed by atoms with Gasteiger partial charge in [-0.25, -0.2) is 4.98 Å². The number of aliphatic imine (C=N–C) groups is 1. The van der Waals surface area contributed by atoms with E-state index in [1.807, 2.05) is 61.5 Å². The number of halogens is 1. The van der Waals surface area contributed by atoms with Crippen LogP contribution < -0.4 is 0 Å². The number of aryl methyl sites for hydroxylation is 1. The smallest absolute Gasteiger partial charge is 0.231 e. The summed E-state index contributed by atoms with van der Waals surface area (Å²) in [6, 6.07) is 18.9. The lowest BCUT2D eigenvalue weighted by atomic mass is 10.2. The number of allylic oxidation sites excluding steroid dienone is 1. The van der Waals surface area contributed by atoms with Crippen molar-refractivity contribution < 1.29 is 9.52 Å². The summed E-state index contributed by atoms with van der Waals surface area (Å²) in [6.07, 6.45) is 5.56. The Morgan fingerprint density at radius 1 is 1.07 bits per heavy atom. The van der Waals surface area contributed by atoms with Crippen molar-refractivity contribution in [3.05, 3.63) is 82.3 Å². The van der Waals surface area contributed by atoms with Gasteiger partial charge in [-0.05, 0) is 66.6 Å². The van der Waals surface area contributed by atoms with E-state index in [9.17, 15) is 5.11 Å². The van der Waals surface area contributed by atoms with Gasteiger partial charge in [0.2, 0.25) is 5.89 Å². The zero-order chi connectivity index (χ0) is 19.5. The first-order valence-corrected chi connectivity index (χ1v) is 9.55. The Hall–Kier alpha value is -3.18. The summed E-state index contributed by atoms with van der Waals surface area (Å²) < 4.78 is 6.83. The molecule has 1 N–H and O–H groups in total. The molecule has 0 saturated heterocycles. The van der Waals surface area contributed by atoms with Crippen molar-refractivity contribution in [3.8, 4) is 17.2 Å². The first kappa shape index (κ1) is 18.2. The number of rotatable bonds is 4. The van der Waals surface area contributed by atoms with Gasteiger partial charge in [-0.15, -0.1) is 0 Å². The molecule has 0 spiro atoms. The summed E-state index contributed by atoms with van der Waals surface area (Å²) in [7, 11) is 0. The van der Waals surface area contributed by atoms with Crippen LogP contribution in [0, 0.1) is 6.92 Å². The third-order valence-electron chi connectivity index (χ3n) is 4.20. The Bertz CT molecular complexity index is 1210. The molecule has 4 nitrogen and oxygen atoms in total. The molecule has 1 heterocycles. The van der Waals surface area contributed by atoms with Crippen molar-refractivity contribution in [1.82, 2.24) is 4.98 Å². The molecule has 0 bridgehead atoms. The van der Waals surface area contributed by atoms with Crippen molar-refractivity contribution >= 4 is 45.0 Å². The van der Waals surface area contributed by atoms with Crippen molar-refractivity contribution in [1.29, 1.82) is 0 Å².